The molecule has 0 spiro atoms. The smallest absolute Gasteiger partial charge is 0.258 e. The van der Waals surface area contributed by atoms with Crippen molar-refractivity contribution in [2.24, 2.45) is 0 Å². The number of amides is 2. The Balaban J connectivity index is 1.51. The molecule has 0 aliphatic carbocycles. The molecule has 1 aromatic carbocycles. The van der Waals surface area contributed by atoms with Gasteiger partial charge >= 0.3 is 0 Å². The van der Waals surface area contributed by atoms with Crippen LogP contribution < -0.4 is 21.1 Å². The van der Waals surface area contributed by atoms with Crippen LogP contribution in [0.5, 0.6) is 0 Å². The molecule has 0 saturated carbocycles. The van der Waals surface area contributed by atoms with E-state index in [0.29, 0.717) is 24.0 Å². The summed E-state index contributed by atoms with van der Waals surface area (Å²) < 4.78 is 5.63. The summed E-state index contributed by atoms with van der Waals surface area (Å²) in [5.41, 5.74) is 1.15. The van der Waals surface area contributed by atoms with E-state index in [1.54, 1.807) is 12.1 Å². The number of fused-ring (bicyclic) bond motifs is 1. The van der Waals surface area contributed by atoms with Gasteiger partial charge in [0.1, 0.15) is 11.6 Å². The van der Waals surface area contributed by atoms with E-state index in [0.717, 1.165) is 44.2 Å². The second kappa shape index (κ2) is 10.8. The van der Waals surface area contributed by atoms with E-state index in [2.05, 4.69) is 41.0 Å². The van der Waals surface area contributed by atoms with Gasteiger partial charge in [-0.25, -0.2) is 0 Å². The van der Waals surface area contributed by atoms with Crippen LogP contribution in [-0.2, 0) is 14.3 Å². The molecule has 0 radical (unpaired) electrons. The minimum absolute atomic E-state index is 0.122. The quantitative estimate of drug-likeness (QED) is 0.389. The van der Waals surface area contributed by atoms with Crippen LogP contribution in [0.4, 0.5) is 17.5 Å². The molecule has 2 aliphatic heterocycles. The summed E-state index contributed by atoms with van der Waals surface area (Å²) in [7, 11) is 0. The number of anilines is 3. The maximum Gasteiger partial charge on any atom is 0.258 e. The van der Waals surface area contributed by atoms with Crippen molar-refractivity contribution in [1.82, 2.24) is 9.97 Å². The zero-order chi connectivity index (χ0) is 24.9. The molecule has 9 heteroatoms. The van der Waals surface area contributed by atoms with E-state index < -0.39 is 17.4 Å². The molecule has 3 heterocycles. The zero-order valence-corrected chi connectivity index (χ0v) is 20.4. The number of rotatable bonds is 8. The monoisotopic (exact) mass is 479 g/mol. The summed E-state index contributed by atoms with van der Waals surface area (Å²) in [6, 6.07) is 7.35. The standard InChI is InChI=1S/C26H33N5O4/c1-4-5-14-35-17(3)18-9-11-19(12-10-18)27-24(33)20-15-21(32)28-23-22(20)25(34)30-26(29-23)31-13-7-6-8-16(31)2/h9-12,16,20H,3-8,13-15H2,1-2H3,(H,27,33)(H2,28,29,30,32,34). The summed E-state index contributed by atoms with van der Waals surface area (Å²) >= 11 is 0. The van der Waals surface area contributed by atoms with E-state index in [-0.39, 0.29) is 29.8 Å². The zero-order valence-electron chi connectivity index (χ0n) is 20.4. The van der Waals surface area contributed by atoms with Crippen molar-refractivity contribution in [3.63, 3.8) is 0 Å². The average molecular weight is 480 g/mol. The number of aromatic nitrogens is 2. The van der Waals surface area contributed by atoms with Gasteiger partial charge in [-0.3, -0.25) is 19.4 Å². The third kappa shape index (κ3) is 5.55. The predicted molar refractivity (Wildman–Crippen MR) is 136 cm³/mol. The molecule has 2 aliphatic rings. The number of nitrogens with one attached hydrogen (secondary N) is 3. The molecule has 4 rings (SSSR count). The van der Waals surface area contributed by atoms with E-state index in [4.69, 9.17) is 4.74 Å². The van der Waals surface area contributed by atoms with E-state index in [9.17, 15) is 14.4 Å². The fourth-order valence-corrected chi connectivity index (χ4v) is 4.52. The molecule has 1 fully saturated rings. The number of carbonyl (C=O) groups is 2. The lowest BCUT2D eigenvalue weighted by molar-refractivity contribution is -0.123. The molecule has 2 atom stereocenters. The van der Waals surface area contributed by atoms with E-state index >= 15 is 0 Å². The minimum Gasteiger partial charge on any atom is -0.494 e. The first kappa shape index (κ1) is 24.5. The van der Waals surface area contributed by atoms with Crippen molar-refractivity contribution in [1.29, 1.82) is 0 Å². The van der Waals surface area contributed by atoms with Gasteiger partial charge in [0.05, 0.1) is 18.1 Å². The topological polar surface area (TPSA) is 116 Å². The van der Waals surface area contributed by atoms with Crippen LogP contribution in [0.2, 0.25) is 0 Å². The maximum atomic E-state index is 13.1. The van der Waals surface area contributed by atoms with Crippen LogP contribution in [-0.4, -0.2) is 41.0 Å². The molecular weight excluding hydrogens is 446 g/mol. The predicted octanol–water partition coefficient (Wildman–Crippen LogP) is 4.00. The Morgan fingerprint density at radius 1 is 1.26 bits per heavy atom. The van der Waals surface area contributed by atoms with Gasteiger partial charge in [0.2, 0.25) is 17.8 Å². The van der Waals surface area contributed by atoms with Crippen molar-refractivity contribution in [2.45, 2.75) is 64.3 Å². The number of carbonyl (C=O) groups excluding carboxylic acids is 2. The first-order chi connectivity index (χ1) is 16.9. The molecule has 3 N–H and O–H groups in total. The number of hydrogen-bond donors (Lipinski definition) is 3. The molecule has 1 saturated heterocycles. The lowest BCUT2D eigenvalue weighted by Gasteiger charge is -2.34. The highest BCUT2D eigenvalue weighted by Gasteiger charge is 2.35. The van der Waals surface area contributed by atoms with Crippen molar-refractivity contribution < 1.29 is 14.3 Å². The van der Waals surface area contributed by atoms with Gasteiger partial charge in [0.15, 0.2) is 0 Å². The van der Waals surface area contributed by atoms with E-state index in [1.165, 1.54) is 0 Å². The molecule has 0 bridgehead atoms. The summed E-state index contributed by atoms with van der Waals surface area (Å²) in [6.45, 7) is 9.52. The summed E-state index contributed by atoms with van der Waals surface area (Å²) in [6.07, 6.45) is 5.03. The molecule has 35 heavy (non-hydrogen) atoms. The number of ether oxygens (including phenoxy) is 1. The Labute approximate surface area is 205 Å². The van der Waals surface area contributed by atoms with Crippen LogP contribution in [0.15, 0.2) is 35.6 Å². The lowest BCUT2D eigenvalue weighted by atomic mass is 9.92. The fraction of sp³-hybridized carbons (Fsp3) is 0.462. The Bertz CT molecular complexity index is 1160. The van der Waals surface area contributed by atoms with Crippen LogP contribution in [0, 0.1) is 0 Å². The molecule has 2 aromatic rings. The highest BCUT2D eigenvalue weighted by atomic mass is 16.5. The van der Waals surface area contributed by atoms with Crippen molar-refractivity contribution >= 4 is 35.0 Å². The Morgan fingerprint density at radius 3 is 2.74 bits per heavy atom. The lowest BCUT2D eigenvalue weighted by Crippen LogP contribution is -2.41. The summed E-state index contributed by atoms with van der Waals surface area (Å²) in [5.74, 6) is -0.545. The highest BCUT2D eigenvalue weighted by molar-refractivity contribution is 6.04. The van der Waals surface area contributed by atoms with Gasteiger partial charge in [-0.2, -0.15) is 4.98 Å². The van der Waals surface area contributed by atoms with Crippen molar-refractivity contribution in [3.8, 4) is 0 Å². The highest BCUT2D eigenvalue weighted by Crippen LogP contribution is 2.31. The first-order valence-electron chi connectivity index (χ1n) is 12.3. The molecule has 186 valence electrons. The minimum atomic E-state index is -0.935. The normalized spacial score (nSPS) is 19.5. The van der Waals surface area contributed by atoms with Crippen LogP contribution in [0.25, 0.3) is 5.76 Å². The molecule has 2 unspecified atom stereocenters. The Kier molecular flexibility index (Phi) is 7.53. The summed E-state index contributed by atoms with van der Waals surface area (Å²) in [4.78, 5) is 48.0. The molecular formula is C26H33N5O4. The van der Waals surface area contributed by atoms with Crippen LogP contribution in [0.3, 0.4) is 0 Å². The summed E-state index contributed by atoms with van der Waals surface area (Å²) in [5, 5.41) is 5.51. The van der Waals surface area contributed by atoms with Crippen molar-refractivity contribution in [3.05, 3.63) is 52.3 Å². The molecule has 9 nitrogen and oxygen atoms in total. The third-order valence-electron chi connectivity index (χ3n) is 6.58. The maximum absolute atomic E-state index is 13.1. The number of aromatic amines is 1. The molecule has 1 aromatic heterocycles. The van der Waals surface area contributed by atoms with Gasteiger partial charge in [0, 0.05) is 30.3 Å². The average Bonchev–Trinajstić information content (AvgIpc) is 2.84. The van der Waals surface area contributed by atoms with Gasteiger partial charge in [-0.15, -0.1) is 0 Å². The fourth-order valence-electron chi connectivity index (χ4n) is 4.52. The third-order valence-corrected chi connectivity index (χ3v) is 6.58. The van der Waals surface area contributed by atoms with Crippen LogP contribution >= 0.6 is 0 Å². The number of unbranched alkanes of at least 4 members (excludes halogenated alkanes) is 1. The number of benzene rings is 1. The van der Waals surface area contributed by atoms with Crippen LogP contribution in [0.1, 0.15) is 69.4 Å². The largest absolute Gasteiger partial charge is 0.494 e. The second-order valence-electron chi connectivity index (χ2n) is 9.19. The van der Waals surface area contributed by atoms with Gasteiger partial charge in [-0.05, 0) is 56.9 Å². The van der Waals surface area contributed by atoms with Crippen molar-refractivity contribution in [2.75, 3.05) is 28.7 Å². The first-order valence-corrected chi connectivity index (χ1v) is 12.3. The van der Waals surface area contributed by atoms with Gasteiger partial charge in [-0.1, -0.05) is 19.9 Å². The Hall–Kier alpha value is -3.62. The van der Waals surface area contributed by atoms with E-state index in [1.807, 2.05) is 17.0 Å². The second-order valence-corrected chi connectivity index (χ2v) is 9.19. The van der Waals surface area contributed by atoms with Gasteiger partial charge in [0.25, 0.3) is 5.56 Å². The number of hydrogen-bond acceptors (Lipinski definition) is 6. The van der Waals surface area contributed by atoms with Gasteiger partial charge < -0.3 is 20.3 Å². The number of nitrogens with zero attached hydrogens (tertiary/aromatic N) is 2. The number of piperidine rings is 1. The SMILES string of the molecule is C=C(OCCCC)c1ccc(NC(=O)C2CC(=O)Nc3nc(N4CCCCC4C)[nH]c(=O)c32)cc1. The Morgan fingerprint density at radius 2 is 2.03 bits per heavy atom. The molecule has 2 amide bonds. The number of H-pyrrole nitrogens is 1.